The van der Waals surface area contributed by atoms with Crippen LogP contribution in [0.2, 0.25) is 0 Å². The average molecular weight is 197 g/mol. The minimum atomic E-state index is 0.607. The Bertz CT molecular complexity index is 276. The molecule has 0 amide bonds. The van der Waals surface area contributed by atoms with E-state index in [1.54, 1.807) is 0 Å². The second-order valence-electron chi connectivity index (χ2n) is 3.73. The summed E-state index contributed by atoms with van der Waals surface area (Å²) in [6.07, 6.45) is 0.980. The van der Waals surface area contributed by atoms with Gasteiger partial charge in [-0.05, 0) is 36.0 Å². The summed E-state index contributed by atoms with van der Waals surface area (Å²) in [6, 6.07) is 6.51. The predicted molar refractivity (Wildman–Crippen MR) is 59.7 cm³/mol. The van der Waals surface area contributed by atoms with Gasteiger partial charge in [0.15, 0.2) is 0 Å². The van der Waals surface area contributed by atoms with Crippen LogP contribution in [-0.2, 0) is 6.42 Å². The van der Waals surface area contributed by atoms with Crippen molar-refractivity contribution < 1.29 is 0 Å². The molecule has 0 atom stereocenters. The van der Waals surface area contributed by atoms with Crippen molar-refractivity contribution in [1.29, 1.82) is 0 Å². The molecule has 0 heterocycles. The number of benzene rings is 1. The number of alkyl halides is 1. The summed E-state index contributed by atoms with van der Waals surface area (Å²) in [7, 11) is 0. The van der Waals surface area contributed by atoms with Crippen LogP contribution in [0.15, 0.2) is 18.2 Å². The lowest BCUT2D eigenvalue weighted by Gasteiger charge is -2.13. The van der Waals surface area contributed by atoms with Crippen LogP contribution in [0.25, 0.3) is 0 Å². The van der Waals surface area contributed by atoms with Gasteiger partial charge in [0.25, 0.3) is 0 Å². The summed E-state index contributed by atoms with van der Waals surface area (Å²) in [5, 5.41) is 0. The van der Waals surface area contributed by atoms with E-state index in [0.717, 1.165) is 6.42 Å². The van der Waals surface area contributed by atoms with Crippen molar-refractivity contribution in [1.82, 2.24) is 0 Å². The van der Waals surface area contributed by atoms with Gasteiger partial charge in [-0.3, -0.25) is 0 Å². The molecule has 0 aliphatic heterocycles. The molecular weight excluding hydrogens is 180 g/mol. The van der Waals surface area contributed by atoms with Crippen molar-refractivity contribution in [3.05, 3.63) is 34.9 Å². The maximum atomic E-state index is 5.74. The van der Waals surface area contributed by atoms with Gasteiger partial charge in [-0.25, -0.2) is 0 Å². The van der Waals surface area contributed by atoms with E-state index in [-0.39, 0.29) is 0 Å². The van der Waals surface area contributed by atoms with Gasteiger partial charge in [-0.2, -0.15) is 0 Å². The summed E-state index contributed by atoms with van der Waals surface area (Å²) in [6.45, 7) is 6.65. The highest BCUT2D eigenvalue weighted by atomic mass is 35.5. The third-order valence-corrected chi connectivity index (χ3v) is 2.66. The second-order valence-corrected chi connectivity index (χ2v) is 4.10. The highest BCUT2D eigenvalue weighted by Crippen LogP contribution is 2.22. The first-order chi connectivity index (χ1) is 6.16. The lowest BCUT2D eigenvalue weighted by Crippen LogP contribution is -1.97. The van der Waals surface area contributed by atoms with Crippen LogP contribution in [0, 0.1) is 6.92 Å². The number of halogens is 1. The lowest BCUT2D eigenvalue weighted by molar-refractivity contribution is 0.850. The van der Waals surface area contributed by atoms with E-state index < -0.39 is 0 Å². The Morgan fingerprint density at radius 1 is 1.31 bits per heavy atom. The summed E-state index contributed by atoms with van der Waals surface area (Å²) >= 11 is 5.74. The molecule has 0 unspecified atom stereocenters. The average Bonchev–Trinajstić information content (AvgIpc) is 2.08. The topological polar surface area (TPSA) is 0 Å². The van der Waals surface area contributed by atoms with E-state index in [0.29, 0.717) is 11.8 Å². The van der Waals surface area contributed by atoms with E-state index in [4.69, 9.17) is 11.6 Å². The monoisotopic (exact) mass is 196 g/mol. The molecule has 1 aromatic carbocycles. The van der Waals surface area contributed by atoms with Gasteiger partial charge in [-0.1, -0.05) is 32.0 Å². The van der Waals surface area contributed by atoms with E-state index in [9.17, 15) is 0 Å². The molecule has 1 rings (SSSR count). The van der Waals surface area contributed by atoms with Crippen molar-refractivity contribution in [2.45, 2.75) is 33.1 Å². The first-order valence-electron chi connectivity index (χ1n) is 4.81. The molecule has 0 saturated carbocycles. The molecule has 0 aromatic heterocycles. The summed E-state index contributed by atoms with van der Waals surface area (Å²) in [5.41, 5.74) is 4.25. The molecule has 0 bridgehead atoms. The molecule has 0 nitrogen and oxygen atoms in total. The lowest BCUT2D eigenvalue weighted by atomic mass is 9.93. The molecule has 0 fully saturated rings. The maximum Gasteiger partial charge on any atom is 0.0264 e. The van der Waals surface area contributed by atoms with Crippen LogP contribution in [-0.4, -0.2) is 5.88 Å². The Balaban J connectivity index is 3.03. The van der Waals surface area contributed by atoms with E-state index >= 15 is 0 Å². The standard InChI is InChI=1S/C12H17Cl/c1-9(2)12-6-4-5-11(7-8-13)10(12)3/h4-6,9H,7-8H2,1-3H3. The van der Waals surface area contributed by atoms with Crippen molar-refractivity contribution >= 4 is 11.6 Å². The molecular formula is C12H17Cl. The van der Waals surface area contributed by atoms with Crippen molar-refractivity contribution in [3.63, 3.8) is 0 Å². The fourth-order valence-corrected chi connectivity index (χ4v) is 1.91. The van der Waals surface area contributed by atoms with Gasteiger partial charge in [0.05, 0.1) is 0 Å². The Morgan fingerprint density at radius 2 is 2.00 bits per heavy atom. The Morgan fingerprint density at radius 3 is 2.54 bits per heavy atom. The number of aryl methyl sites for hydroxylation is 1. The molecule has 1 heteroatoms. The van der Waals surface area contributed by atoms with Gasteiger partial charge in [-0.15, -0.1) is 11.6 Å². The number of hydrogen-bond acceptors (Lipinski definition) is 0. The molecule has 1 aromatic rings. The van der Waals surface area contributed by atoms with Crippen molar-refractivity contribution in [2.75, 3.05) is 5.88 Å². The van der Waals surface area contributed by atoms with Gasteiger partial charge < -0.3 is 0 Å². The zero-order chi connectivity index (χ0) is 9.84. The predicted octanol–water partition coefficient (Wildman–Crippen LogP) is 3.90. The fourth-order valence-electron chi connectivity index (χ4n) is 1.70. The zero-order valence-electron chi connectivity index (χ0n) is 8.60. The minimum absolute atomic E-state index is 0.607. The number of hydrogen-bond donors (Lipinski definition) is 0. The largest absolute Gasteiger partial charge is 0.126 e. The summed E-state index contributed by atoms with van der Waals surface area (Å²) < 4.78 is 0. The normalized spacial score (nSPS) is 10.8. The molecule has 0 N–H and O–H groups in total. The first-order valence-corrected chi connectivity index (χ1v) is 5.34. The van der Waals surface area contributed by atoms with Crippen LogP contribution < -0.4 is 0 Å². The van der Waals surface area contributed by atoms with Crippen LogP contribution >= 0.6 is 11.6 Å². The third kappa shape index (κ3) is 2.47. The Kier molecular flexibility index (Phi) is 3.80. The van der Waals surface area contributed by atoms with Gasteiger partial charge in [0, 0.05) is 5.88 Å². The molecule has 0 aliphatic carbocycles. The number of rotatable bonds is 3. The zero-order valence-corrected chi connectivity index (χ0v) is 9.36. The van der Waals surface area contributed by atoms with Gasteiger partial charge in [0.2, 0.25) is 0 Å². The van der Waals surface area contributed by atoms with Crippen LogP contribution in [0.4, 0.5) is 0 Å². The van der Waals surface area contributed by atoms with E-state index in [1.165, 1.54) is 16.7 Å². The molecule has 0 radical (unpaired) electrons. The summed E-state index contributed by atoms with van der Waals surface area (Å²) in [5.74, 6) is 1.32. The Hall–Kier alpha value is -0.490. The van der Waals surface area contributed by atoms with Crippen LogP contribution in [0.3, 0.4) is 0 Å². The van der Waals surface area contributed by atoms with E-state index in [2.05, 4.69) is 39.0 Å². The fraction of sp³-hybridized carbons (Fsp3) is 0.500. The maximum absolute atomic E-state index is 5.74. The van der Waals surface area contributed by atoms with Crippen molar-refractivity contribution in [3.8, 4) is 0 Å². The van der Waals surface area contributed by atoms with Crippen molar-refractivity contribution in [2.24, 2.45) is 0 Å². The minimum Gasteiger partial charge on any atom is -0.126 e. The molecule has 13 heavy (non-hydrogen) atoms. The first kappa shape index (κ1) is 10.6. The van der Waals surface area contributed by atoms with Crippen LogP contribution in [0.1, 0.15) is 36.5 Å². The van der Waals surface area contributed by atoms with Crippen LogP contribution in [0.5, 0.6) is 0 Å². The SMILES string of the molecule is Cc1c(CCCl)cccc1C(C)C. The van der Waals surface area contributed by atoms with E-state index in [1.807, 2.05) is 0 Å². The highest BCUT2D eigenvalue weighted by Gasteiger charge is 2.05. The molecule has 0 spiro atoms. The Labute approximate surface area is 85.9 Å². The summed E-state index contributed by atoms with van der Waals surface area (Å²) in [4.78, 5) is 0. The highest BCUT2D eigenvalue weighted by molar-refractivity contribution is 6.18. The van der Waals surface area contributed by atoms with Gasteiger partial charge >= 0.3 is 0 Å². The smallest absolute Gasteiger partial charge is 0.0264 e. The van der Waals surface area contributed by atoms with Gasteiger partial charge in [0.1, 0.15) is 0 Å². The molecule has 0 aliphatic rings. The molecule has 0 saturated heterocycles. The second kappa shape index (κ2) is 4.66. The third-order valence-electron chi connectivity index (χ3n) is 2.47. The quantitative estimate of drug-likeness (QED) is 0.644. The molecule has 72 valence electrons.